The fourth-order valence-corrected chi connectivity index (χ4v) is 1.91. The number of ether oxygens (including phenoxy) is 3. The molecule has 1 N–H and O–H groups in total. The topological polar surface area (TPSA) is 73.9 Å². The van der Waals surface area contributed by atoms with Crippen molar-refractivity contribution in [1.29, 1.82) is 0 Å². The molecule has 1 aliphatic heterocycles. The third-order valence-electron chi connectivity index (χ3n) is 3.00. The number of carbonyl (C=O) groups is 2. The lowest BCUT2D eigenvalue weighted by Gasteiger charge is -2.13. The van der Waals surface area contributed by atoms with Crippen LogP contribution in [0.2, 0.25) is 0 Å². The van der Waals surface area contributed by atoms with Gasteiger partial charge in [-0.25, -0.2) is 4.79 Å². The highest BCUT2D eigenvalue weighted by Gasteiger charge is 2.19. The zero-order chi connectivity index (χ0) is 15.2. The van der Waals surface area contributed by atoms with Gasteiger partial charge in [-0.05, 0) is 32.0 Å². The van der Waals surface area contributed by atoms with Crippen molar-refractivity contribution >= 4 is 11.9 Å². The van der Waals surface area contributed by atoms with Gasteiger partial charge >= 0.3 is 5.97 Å². The first kappa shape index (κ1) is 15.2. The first-order valence-corrected chi connectivity index (χ1v) is 6.99. The van der Waals surface area contributed by atoms with Crippen LogP contribution in [-0.2, 0) is 9.53 Å². The van der Waals surface area contributed by atoms with Gasteiger partial charge in [0, 0.05) is 12.0 Å². The maximum atomic E-state index is 12.1. The zero-order valence-corrected chi connectivity index (χ0v) is 12.2. The van der Waals surface area contributed by atoms with Crippen LogP contribution in [0.3, 0.4) is 0 Å². The summed E-state index contributed by atoms with van der Waals surface area (Å²) in [6.45, 7) is 4.73. The molecule has 1 aliphatic rings. The van der Waals surface area contributed by atoms with Crippen LogP contribution in [0.4, 0.5) is 0 Å². The Morgan fingerprint density at radius 3 is 2.71 bits per heavy atom. The average molecular weight is 293 g/mol. The molecule has 0 aliphatic carbocycles. The van der Waals surface area contributed by atoms with E-state index < -0.39 is 12.0 Å². The van der Waals surface area contributed by atoms with Crippen LogP contribution in [-0.4, -0.2) is 37.7 Å². The van der Waals surface area contributed by atoms with Crippen LogP contribution in [0.25, 0.3) is 0 Å². The molecule has 0 fully saturated rings. The molecule has 1 unspecified atom stereocenters. The monoisotopic (exact) mass is 293 g/mol. The Labute approximate surface area is 123 Å². The van der Waals surface area contributed by atoms with E-state index >= 15 is 0 Å². The summed E-state index contributed by atoms with van der Waals surface area (Å²) in [7, 11) is 0. The van der Waals surface area contributed by atoms with Crippen molar-refractivity contribution in [3.63, 3.8) is 0 Å². The molecule has 6 nitrogen and oxygen atoms in total. The molecule has 1 aromatic carbocycles. The number of fused-ring (bicyclic) bond motifs is 1. The van der Waals surface area contributed by atoms with Gasteiger partial charge in [-0.1, -0.05) is 0 Å². The summed E-state index contributed by atoms with van der Waals surface area (Å²) in [5.41, 5.74) is 0.412. The second-order valence-corrected chi connectivity index (χ2v) is 4.66. The molecule has 6 heteroatoms. The highest BCUT2D eigenvalue weighted by Crippen LogP contribution is 2.30. The third-order valence-corrected chi connectivity index (χ3v) is 3.00. The Hall–Kier alpha value is -2.24. The molecular weight excluding hydrogens is 274 g/mol. The Kier molecular flexibility index (Phi) is 5.03. The number of hydrogen-bond donors (Lipinski definition) is 1. The van der Waals surface area contributed by atoms with Crippen LogP contribution < -0.4 is 14.8 Å². The van der Waals surface area contributed by atoms with Crippen molar-refractivity contribution in [2.45, 2.75) is 26.3 Å². The van der Waals surface area contributed by atoms with Gasteiger partial charge in [0.1, 0.15) is 6.04 Å². The predicted molar refractivity (Wildman–Crippen MR) is 75.6 cm³/mol. The molecule has 0 saturated heterocycles. The highest BCUT2D eigenvalue weighted by molar-refractivity contribution is 5.97. The second-order valence-electron chi connectivity index (χ2n) is 4.66. The molecule has 1 heterocycles. The number of esters is 1. The van der Waals surface area contributed by atoms with Crippen molar-refractivity contribution in [3.8, 4) is 11.5 Å². The van der Waals surface area contributed by atoms with Crippen molar-refractivity contribution in [1.82, 2.24) is 5.32 Å². The predicted octanol–water partition coefficient (Wildman–Crippen LogP) is 1.53. The second kappa shape index (κ2) is 6.97. The van der Waals surface area contributed by atoms with Crippen LogP contribution in [0.15, 0.2) is 18.2 Å². The highest BCUT2D eigenvalue weighted by atomic mass is 16.5. The molecule has 1 amide bonds. The van der Waals surface area contributed by atoms with Crippen LogP contribution in [0, 0.1) is 0 Å². The summed E-state index contributed by atoms with van der Waals surface area (Å²) in [5, 5.41) is 2.59. The van der Waals surface area contributed by atoms with E-state index in [1.807, 2.05) is 0 Å². The van der Waals surface area contributed by atoms with Crippen molar-refractivity contribution < 1.29 is 23.8 Å². The maximum Gasteiger partial charge on any atom is 0.328 e. The molecule has 2 rings (SSSR count). The Bertz CT molecular complexity index is 529. The molecule has 114 valence electrons. The van der Waals surface area contributed by atoms with Gasteiger partial charge in [-0.2, -0.15) is 0 Å². The summed E-state index contributed by atoms with van der Waals surface area (Å²) >= 11 is 0. The third kappa shape index (κ3) is 3.87. The Morgan fingerprint density at radius 1 is 1.29 bits per heavy atom. The van der Waals surface area contributed by atoms with E-state index in [0.29, 0.717) is 30.3 Å². The molecular formula is C15H19NO5. The number of carbonyl (C=O) groups excluding carboxylic acids is 2. The van der Waals surface area contributed by atoms with E-state index in [9.17, 15) is 9.59 Å². The van der Waals surface area contributed by atoms with Gasteiger partial charge < -0.3 is 19.5 Å². The summed E-state index contributed by atoms with van der Waals surface area (Å²) < 4.78 is 15.9. The molecule has 21 heavy (non-hydrogen) atoms. The number of benzene rings is 1. The van der Waals surface area contributed by atoms with Crippen molar-refractivity contribution in [3.05, 3.63) is 23.8 Å². The van der Waals surface area contributed by atoms with Crippen LogP contribution in [0.5, 0.6) is 11.5 Å². The van der Waals surface area contributed by atoms with E-state index in [0.717, 1.165) is 6.42 Å². The summed E-state index contributed by atoms with van der Waals surface area (Å²) in [6, 6.07) is 4.26. The number of hydrogen-bond acceptors (Lipinski definition) is 5. The molecule has 0 spiro atoms. The smallest absolute Gasteiger partial charge is 0.328 e. The minimum Gasteiger partial charge on any atom is -0.490 e. The zero-order valence-electron chi connectivity index (χ0n) is 12.2. The van der Waals surface area contributed by atoms with E-state index in [1.165, 1.54) is 0 Å². The van der Waals surface area contributed by atoms with Crippen molar-refractivity contribution in [2.24, 2.45) is 0 Å². The van der Waals surface area contributed by atoms with E-state index in [1.54, 1.807) is 32.0 Å². The SMILES string of the molecule is CCOC(=O)C(C)NC(=O)c1ccc2c(c1)OCCCO2. The largest absolute Gasteiger partial charge is 0.490 e. The van der Waals surface area contributed by atoms with Gasteiger partial charge in [-0.3, -0.25) is 4.79 Å². The van der Waals surface area contributed by atoms with Gasteiger partial charge in [0.2, 0.25) is 0 Å². The normalized spacial score (nSPS) is 14.8. The Morgan fingerprint density at radius 2 is 2.00 bits per heavy atom. The van der Waals surface area contributed by atoms with Gasteiger partial charge in [0.25, 0.3) is 5.91 Å². The van der Waals surface area contributed by atoms with E-state index in [4.69, 9.17) is 14.2 Å². The number of nitrogens with one attached hydrogen (secondary N) is 1. The maximum absolute atomic E-state index is 12.1. The van der Waals surface area contributed by atoms with E-state index in [-0.39, 0.29) is 12.5 Å². The lowest BCUT2D eigenvalue weighted by Crippen LogP contribution is -2.39. The molecule has 1 atom stereocenters. The van der Waals surface area contributed by atoms with Crippen molar-refractivity contribution in [2.75, 3.05) is 19.8 Å². The minimum absolute atomic E-state index is 0.281. The average Bonchev–Trinajstić information content (AvgIpc) is 2.71. The molecule has 0 saturated carbocycles. The summed E-state index contributed by atoms with van der Waals surface area (Å²) in [5.74, 6) is 0.359. The van der Waals surface area contributed by atoms with Crippen LogP contribution in [0.1, 0.15) is 30.6 Å². The standard InChI is InChI=1S/C15H19NO5/c1-3-19-15(18)10(2)16-14(17)11-5-6-12-13(9-11)21-8-4-7-20-12/h5-6,9-10H,3-4,7-8H2,1-2H3,(H,16,17). The fourth-order valence-electron chi connectivity index (χ4n) is 1.91. The quantitative estimate of drug-likeness (QED) is 0.852. The van der Waals surface area contributed by atoms with E-state index in [2.05, 4.69) is 5.32 Å². The van der Waals surface area contributed by atoms with Gasteiger partial charge in [-0.15, -0.1) is 0 Å². The fraction of sp³-hybridized carbons (Fsp3) is 0.467. The lowest BCUT2D eigenvalue weighted by molar-refractivity contribution is -0.144. The first-order chi connectivity index (χ1) is 10.1. The minimum atomic E-state index is -0.701. The molecule has 0 aromatic heterocycles. The summed E-state index contributed by atoms with van der Waals surface area (Å²) in [4.78, 5) is 23.6. The first-order valence-electron chi connectivity index (χ1n) is 6.99. The molecule has 0 bridgehead atoms. The van der Waals surface area contributed by atoms with Gasteiger partial charge in [0.05, 0.1) is 19.8 Å². The van der Waals surface area contributed by atoms with Gasteiger partial charge in [0.15, 0.2) is 11.5 Å². The Balaban J connectivity index is 2.06. The molecule has 0 radical (unpaired) electrons. The molecule has 1 aromatic rings. The number of amides is 1. The number of rotatable bonds is 4. The summed E-state index contributed by atoms with van der Waals surface area (Å²) in [6.07, 6.45) is 0.802. The van der Waals surface area contributed by atoms with Crippen LogP contribution >= 0.6 is 0 Å². The lowest BCUT2D eigenvalue weighted by atomic mass is 10.1.